The van der Waals surface area contributed by atoms with Crippen molar-refractivity contribution in [3.8, 4) is 0 Å². The van der Waals surface area contributed by atoms with E-state index in [0.717, 1.165) is 5.56 Å². The lowest BCUT2D eigenvalue weighted by Crippen LogP contribution is -2.46. The zero-order chi connectivity index (χ0) is 23.4. The van der Waals surface area contributed by atoms with Crippen molar-refractivity contribution in [3.05, 3.63) is 64.7 Å². The highest BCUT2D eigenvalue weighted by atomic mass is 35.5. The number of amides is 3. The molecule has 0 radical (unpaired) electrons. The summed E-state index contributed by atoms with van der Waals surface area (Å²) in [5.74, 6) is -0.517. The Morgan fingerprint density at radius 3 is 2.56 bits per heavy atom. The fourth-order valence-corrected chi connectivity index (χ4v) is 3.70. The topological polar surface area (TPSA) is 79.0 Å². The number of halogens is 1. The Hall–Kier alpha value is -3.06. The number of cyclic esters (lactones) is 1. The van der Waals surface area contributed by atoms with Crippen molar-refractivity contribution in [1.29, 1.82) is 0 Å². The molecule has 2 aromatic rings. The average molecular weight is 458 g/mol. The molecule has 0 aliphatic carbocycles. The van der Waals surface area contributed by atoms with Gasteiger partial charge in [0.1, 0.15) is 0 Å². The van der Waals surface area contributed by atoms with Gasteiger partial charge >= 0.3 is 6.09 Å². The average Bonchev–Trinajstić information content (AvgIpc) is 3.08. The Morgan fingerprint density at radius 1 is 1.19 bits per heavy atom. The quantitative estimate of drug-likeness (QED) is 0.665. The van der Waals surface area contributed by atoms with Crippen LogP contribution in [-0.2, 0) is 20.9 Å². The first-order chi connectivity index (χ1) is 15.2. The van der Waals surface area contributed by atoms with Gasteiger partial charge in [0.15, 0.2) is 12.1 Å². The van der Waals surface area contributed by atoms with Gasteiger partial charge in [0.25, 0.3) is 0 Å². The number of benzene rings is 2. The molecule has 0 saturated carbocycles. The van der Waals surface area contributed by atoms with Crippen molar-refractivity contribution in [2.75, 3.05) is 18.9 Å². The van der Waals surface area contributed by atoms with Crippen LogP contribution >= 0.6 is 11.6 Å². The molecule has 1 heterocycles. The summed E-state index contributed by atoms with van der Waals surface area (Å²) in [4.78, 5) is 41.2. The smallest absolute Gasteiger partial charge is 0.411 e. The van der Waals surface area contributed by atoms with Crippen LogP contribution in [0.25, 0.3) is 0 Å². The van der Waals surface area contributed by atoms with Crippen molar-refractivity contribution < 1.29 is 19.1 Å². The molecule has 0 bridgehead atoms. The lowest BCUT2D eigenvalue weighted by atomic mass is 9.99. The highest BCUT2D eigenvalue weighted by Crippen LogP contribution is 2.36. The normalized spacial score (nSPS) is 17.9. The summed E-state index contributed by atoms with van der Waals surface area (Å²) in [6, 6.07) is 13.4. The van der Waals surface area contributed by atoms with Crippen LogP contribution in [0.15, 0.2) is 48.5 Å². The summed E-state index contributed by atoms with van der Waals surface area (Å²) in [7, 11) is 1.69. The molecule has 0 spiro atoms. The van der Waals surface area contributed by atoms with Crippen LogP contribution in [0.2, 0.25) is 5.02 Å². The Bertz CT molecular complexity index is 1010. The van der Waals surface area contributed by atoms with E-state index in [1.54, 1.807) is 68.3 Å². The highest BCUT2D eigenvalue weighted by molar-refractivity contribution is 6.30. The number of ether oxygens (including phenoxy) is 1. The van der Waals surface area contributed by atoms with E-state index in [-0.39, 0.29) is 24.3 Å². The zero-order valence-corrected chi connectivity index (χ0v) is 19.4. The Balaban J connectivity index is 1.95. The molecular weight excluding hydrogens is 430 g/mol. The van der Waals surface area contributed by atoms with Gasteiger partial charge in [-0.1, -0.05) is 49.7 Å². The fourth-order valence-electron chi connectivity index (χ4n) is 3.49. The second-order valence-corrected chi connectivity index (χ2v) is 8.57. The second-order valence-electron chi connectivity index (χ2n) is 8.13. The first-order valence-electron chi connectivity index (χ1n) is 10.6. The van der Waals surface area contributed by atoms with Crippen molar-refractivity contribution in [1.82, 2.24) is 9.80 Å². The van der Waals surface area contributed by atoms with E-state index in [0.29, 0.717) is 22.8 Å². The van der Waals surface area contributed by atoms with Gasteiger partial charge in [-0.2, -0.15) is 0 Å². The van der Waals surface area contributed by atoms with E-state index in [9.17, 15) is 14.4 Å². The zero-order valence-electron chi connectivity index (χ0n) is 18.7. The Morgan fingerprint density at radius 2 is 1.91 bits per heavy atom. The van der Waals surface area contributed by atoms with Gasteiger partial charge in [0, 0.05) is 30.2 Å². The van der Waals surface area contributed by atoms with Gasteiger partial charge in [-0.3, -0.25) is 14.5 Å². The molecule has 1 aliphatic heterocycles. The highest BCUT2D eigenvalue weighted by Gasteiger charge is 2.47. The summed E-state index contributed by atoms with van der Waals surface area (Å²) < 4.78 is 5.69. The molecule has 3 amide bonds. The maximum absolute atomic E-state index is 13.3. The molecule has 1 N–H and O–H groups in total. The summed E-state index contributed by atoms with van der Waals surface area (Å²) in [6.45, 7) is 6.16. The van der Waals surface area contributed by atoms with Gasteiger partial charge in [-0.25, -0.2) is 4.79 Å². The summed E-state index contributed by atoms with van der Waals surface area (Å²) >= 11 is 6.10. The number of carbonyl (C=O) groups excluding carboxylic acids is 3. The van der Waals surface area contributed by atoms with E-state index in [1.165, 1.54) is 4.90 Å². The minimum Gasteiger partial charge on any atom is -0.438 e. The standard InChI is InChI=1S/C24H28ClN3O4/c1-5-27(4)23(30)20-21(17-9-7-11-19(13-17)26-22(29)15(2)3)32-24(31)28(20)14-16-8-6-10-18(25)12-16/h6-13,15,20-21H,5,14H2,1-4H3,(H,26,29). The number of nitrogens with zero attached hydrogens (tertiary/aromatic N) is 2. The number of carbonyl (C=O) groups is 3. The molecule has 8 heteroatoms. The molecule has 1 saturated heterocycles. The number of nitrogens with one attached hydrogen (secondary N) is 1. The second kappa shape index (κ2) is 10.0. The number of anilines is 1. The Kier molecular flexibility index (Phi) is 7.40. The van der Waals surface area contributed by atoms with Gasteiger partial charge in [-0.05, 0) is 42.3 Å². The Labute approximate surface area is 193 Å². The molecule has 170 valence electrons. The fraction of sp³-hybridized carbons (Fsp3) is 0.375. The van der Waals surface area contributed by atoms with Crippen molar-refractivity contribution in [3.63, 3.8) is 0 Å². The molecular formula is C24H28ClN3O4. The van der Waals surface area contributed by atoms with Crippen LogP contribution in [0.5, 0.6) is 0 Å². The summed E-state index contributed by atoms with van der Waals surface area (Å²) in [6.07, 6.45) is -1.38. The molecule has 3 rings (SSSR count). The summed E-state index contributed by atoms with van der Waals surface area (Å²) in [5, 5.41) is 3.40. The molecule has 1 fully saturated rings. The maximum Gasteiger partial charge on any atom is 0.411 e. The van der Waals surface area contributed by atoms with E-state index in [1.807, 2.05) is 13.0 Å². The largest absolute Gasteiger partial charge is 0.438 e. The van der Waals surface area contributed by atoms with Gasteiger partial charge in [0.2, 0.25) is 11.8 Å². The molecule has 7 nitrogen and oxygen atoms in total. The van der Waals surface area contributed by atoms with Gasteiger partial charge in [0.05, 0.1) is 6.54 Å². The third-order valence-electron chi connectivity index (χ3n) is 5.44. The molecule has 32 heavy (non-hydrogen) atoms. The lowest BCUT2D eigenvalue weighted by molar-refractivity contribution is -0.135. The van der Waals surface area contributed by atoms with Crippen molar-refractivity contribution in [2.45, 2.75) is 39.5 Å². The lowest BCUT2D eigenvalue weighted by Gasteiger charge is -2.28. The van der Waals surface area contributed by atoms with E-state index < -0.39 is 18.2 Å². The van der Waals surface area contributed by atoms with Crippen molar-refractivity contribution in [2.24, 2.45) is 5.92 Å². The summed E-state index contributed by atoms with van der Waals surface area (Å²) in [5.41, 5.74) is 2.02. The van der Waals surface area contributed by atoms with Gasteiger partial charge in [-0.15, -0.1) is 0 Å². The number of rotatable bonds is 7. The maximum atomic E-state index is 13.3. The van der Waals surface area contributed by atoms with Crippen LogP contribution in [0.1, 0.15) is 38.0 Å². The van der Waals surface area contributed by atoms with Crippen LogP contribution in [0.3, 0.4) is 0 Å². The monoisotopic (exact) mass is 457 g/mol. The molecule has 2 unspecified atom stereocenters. The third-order valence-corrected chi connectivity index (χ3v) is 5.67. The number of likely N-dealkylation sites (N-methyl/N-ethyl adjacent to an activating group) is 1. The van der Waals surface area contributed by atoms with Gasteiger partial charge < -0.3 is 15.0 Å². The van der Waals surface area contributed by atoms with E-state index in [2.05, 4.69) is 5.32 Å². The number of hydrogen-bond donors (Lipinski definition) is 1. The first-order valence-corrected chi connectivity index (χ1v) is 11.0. The molecule has 2 aromatic carbocycles. The van der Waals surface area contributed by atoms with Crippen molar-refractivity contribution >= 4 is 35.2 Å². The molecule has 2 atom stereocenters. The third kappa shape index (κ3) is 5.22. The SMILES string of the molecule is CCN(C)C(=O)C1C(c2cccc(NC(=O)C(C)C)c2)OC(=O)N1Cc1cccc(Cl)c1. The minimum absolute atomic E-state index is 0.119. The predicted octanol–water partition coefficient (Wildman–Crippen LogP) is 4.47. The molecule has 0 aromatic heterocycles. The van der Waals surface area contributed by atoms with Crippen LogP contribution in [-0.4, -0.2) is 47.3 Å². The predicted molar refractivity (Wildman–Crippen MR) is 123 cm³/mol. The van der Waals surface area contributed by atoms with E-state index in [4.69, 9.17) is 16.3 Å². The molecule has 1 aliphatic rings. The van der Waals surface area contributed by atoms with E-state index >= 15 is 0 Å². The van der Waals surface area contributed by atoms with Crippen LogP contribution < -0.4 is 5.32 Å². The number of hydrogen-bond acceptors (Lipinski definition) is 4. The van der Waals surface area contributed by atoms with Crippen LogP contribution in [0, 0.1) is 5.92 Å². The van der Waals surface area contributed by atoms with Crippen LogP contribution in [0.4, 0.5) is 10.5 Å². The first kappa shape index (κ1) is 23.6. The minimum atomic E-state index is -0.845.